The van der Waals surface area contributed by atoms with Crippen molar-refractivity contribution in [2.75, 3.05) is 0 Å². The molecule has 11 aromatic rings. The van der Waals surface area contributed by atoms with Gasteiger partial charge in [-0.05, 0) is 89.8 Å². The van der Waals surface area contributed by atoms with Gasteiger partial charge in [0.15, 0.2) is 5.69 Å². The van der Waals surface area contributed by atoms with Crippen molar-refractivity contribution in [3.05, 3.63) is 193 Å². The first-order chi connectivity index (χ1) is 27.2. The summed E-state index contributed by atoms with van der Waals surface area (Å²) in [6.45, 7) is 7.90. The summed E-state index contributed by atoms with van der Waals surface area (Å²) in [5, 5.41) is 16.9. The highest BCUT2D eigenvalue weighted by Gasteiger charge is 2.20. The maximum atomic E-state index is 10.1. The summed E-state index contributed by atoms with van der Waals surface area (Å²) in [7, 11) is 0. The second kappa shape index (κ2) is 11.8. The number of aromatic nitrogens is 3. The highest BCUT2D eigenvalue weighted by Crippen LogP contribution is 2.41. The van der Waals surface area contributed by atoms with Crippen molar-refractivity contribution in [2.45, 2.75) is 0 Å². The average Bonchev–Trinajstić information content (AvgIpc) is 3.89. The van der Waals surface area contributed by atoms with Crippen LogP contribution in [0.4, 0.5) is 5.69 Å². The number of fused-ring (bicyclic) bond motifs is 9. The lowest BCUT2D eigenvalue weighted by molar-refractivity contribution is 1.16. The minimum Gasteiger partial charge on any atom is -0.311 e. The molecule has 0 spiro atoms. The average molecular weight is 700 g/mol. The molecule has 5 nitrogen and oxygen atoms in total. The molecule has 3 aromatic heterocycles. The van der Waals surface area contributed by atoms with Gasteiger partial charge in [-0.15, -0.1) is 0 Å². The number of para-hydroxylation sites is 4. The second-order valence-corrected chi connectivity index (χ2v) is 14.0. The molecule has 8 aromatic carbocycles. The SMILES string of the molecule is [C-]#[N+]c1cccc2c1c1ccccc1n2-c1cccc(-c2cc(C#N)ccc2-n2c3ccccc3c3cc(-n4c5ccccc5c5ccccc54)ccc32)c1. The van der Waals surface area contributed by atoms with Gasteiger partial charge in [0.1, 0.15) is 0 Å². The van der Waals surface area contributed by atoms with Gasteiger partial charge in [-0.2, -0.15) is 5.26 Å². The molecule has 0 bridgehead atoms. The Balaban J connectivity index is 1.15. The first kappa shape index (κ1) is 30.7. The molecule has 0 amide bonds. The molecule has 0 aliphatic rings. The summed E-state index contributed by atoms with van der Waals surface area (Å²) >= 11 is 0. The van der Waals surface area contributed by atoms with Crippen LogP contribution in [-0.4, -0.2) is 13.7 Å². The Morgan fingerprint density at radius 3 is 1.67 bits per heavy atom. The third kappa shape index (κ3) is 4.45. The zero-order valence-corrected chi connectivity index (χ0v) is 29.5. The van der Waals surface area contributed by atoms with E-state index >= 15 is 0 Å². The van der Waals surface area contributed by atoms with Crippen LogP contribution in [-0.2, 0) is 0 Å². The predicted molar refractivity (Wildman–Crippen MR) is 226 cm³/mol. The van der Waals surface area contributed by atoms with Gasteiger partial charge in [-0.25, -0.2) is 4.85 Å². The van der Waals surface area contributed by atoms with Crippen molar-refractivity contribution in [1.82, 2.24) is 13.7 Å². The van der Waals surface area contributed by atoms with E-state index in [1.165, 1.54) is 21.8 Å². The number of nitriles is 1. The summed E-state index contributed by atoms with van der Waals surface area (Å²) in [6.07, 6.45) is 0. The summed E-state index contributed by atoms with van der Waals surface area (Å²) in [4.78, 5) is 3.88. The molecule has 0 radical (unpaired) electrons. The fourth-order valence-corrected chi connectivity index (χ4v) is 8.78. The molecular weight excluding hydrogens is 671 g/mol. The Labute approximate surface area is 316 Å². The molecule has 0 fully saturated rings. The van der Waals surface area contributed by atoms with E-state index in [4.69, 9.17) is 6.57 Å². The van der Waals surface area contributed by atoms with Crippen molar-refractivity contribution in [2.24, 2.45) is 0 Å². The van der Waals surface area contributed by atoms with E-state index in [0.29, 0.717) is 11.3 Å². The van der Waals surface area contributed by atoms with Crippen molar-refractivity contribution in [3.8, 4) is 34.3 Å². The Kier molecular flexibility index (Phi) is 6.61. The van der Waals surface area contributed by atoms with Crippen LogP contribution in [0.25, 0.3) is 98.5 Å². The quantitative estimate of drug-likeness (QED) is 0.169. The van der Waals surface area contributed by atoms with E-state index < -0.39 is 0 Å². The molecule has 0 aliphatic carbocycles. The van der Waals surface area contributed by atoms with Crippen molar-refractivity contribution >= 4 is 71.1 Å². The monoisotopic (exact) mass is 699 g/mol. The maximum absolute atomic E-state index is 10.1. The van der Waals surface area contributed by atoms with Gasteiger partial charge >= 0.3 is 0 Å². The summed E-state index contributed by atoms with van der Waals surface area (Å²) in [6, 6.07) is 63.7. The van der Waals surface area contributed by atoms with Crippen LogP contribution in [0.15, 0.2) is 176 Å². The Morgan fingerprint density at radius 1 is 0.436 bits per heavy atom. The molecule has 0 aliphatic heterocycles. The largest absolute Gasteiger partial charge is 0.311 e. The highest BCUT2D eigenvalue weighted by atomic mass is 15.0. The zero-order chi connectivity index (χ0) is 36.6. The third-order valence-electron chi connectivity index (χ3n) is 11.1. The number of nitrogens with zero attached hydrogens (tertiary/aromatic N) is 5. The molecule has 0 N–H and O–H groups in total. The lowest BCUT2D eigenvalue weighted by atomic mass is 10.00. The van der Waals surface area contributed by atoms with E-state index in [0.717, 1.165) is 71.8 Å². The minimum atomic E-state index is 0.595. The highest BCUT2D eigenvalue weighted by molar-refractivity contribution is 6.16. The molecule has 3 heterocycles. The molecule has 5 heteroatoms. The molecular formula is C50H29N5. The Bertz CT molecular complexity index is 3420. The summed E-state index contributed by atoms with van der Waals surface area (Å²) in [5.74, 6) is 0. The normalized spacial score (nSPS) is 11.6. The van der Waals surface area contributed by atoms with Crippen molar-refractivity contribution < 1.29 is 0 Å². The smallest absolute Gasteiger partial charge is 0.197 e. The van der Waals surface area contributed by atoms with Crippen LogP contribution < -0.4 is 0 Å². The number of benzene rings is 8. The molecule has 0 unspecified atom stereocenters. The van der Waals surface area contributed by atoms with Crippen LogP contribution in [0.3, 0.4) is 0 Å². The van der Waals surface area contributed by atoms with Gasteiger partial charge in [-0.3, -0.25) is 0 Å². The number of rotatable bonds is 4. The number of hydrogen-bond acceptors (Lipinski definition) is 1. The standard InChI is InChI=1S/C50H29N5/c1-52-42-18-11-23-49-50(42)39-17-5-9-22-46(39)54(49)34-13-10-12-33(29-34)40-28-32(31-51)24-26-47(40)55-45-21-8-4-16-38(45)41-30-35(25-27-48(41)55)53-43-19-6-2-14-36(43)37-15-3-7-20-44(37)53/h2-30H. The molecule has 55 heavy (non-hydrogen) atoms. The first-order valence-electron chi connectivity index (χ1n) is 18.3. The molecule has 254 valence electrons. The maximum Gasteiger partial charge on any atom is 0.197 e. The lowest BCUT2D eigenvalue weighted by Crippen LogP contribution is -2.00. The van der Waals surface area contributed by atoms with Gasteiger partial charge < -0.3 is 13.7 Å². The van der Waals surface area contributed by atoms with E-state index in [1.54, 1.807) is 0 Å². The van der Waals surface area contributed by atoms with Crippen LogP contribution >= 0.6 is 0 Å². The van der Waals surface area contributed by atoms with Gasteiger partial charge in [0.25, 0.3) is 0 Å². The van der Waals surface area contributed by atoms with Crippen LogP contribution in [0.2, 0.25) is 0 Å². The van der Waals surface area contributed by atoms with Gasteiger partial charge in [0.2, 0.25) is 0 Å². The van der Waals surface area contributed by atoms with Crippen LogP contribution in [0, 0.1) is 17.9 Å². The van der Waals surface area contributed by atoms with Crippen molar-refractivity contribution in [3.63, 3.8) is 0 Å². The summed E-state index contributed by atoms with van der Waals surface area (Å²) < 4.78 is 6.95. The van der Waals surface area contributed by atoms with E-state index in [1.807, 2.05) is 36.4 Å². The fraction of sp³-hybridized carbons (Fsp3) is 0. The molecule has 0 saturated carbocycles. The topological polar surface area (TPSA) is 42.9 Å². The van der Waals surface area contributed by atoms with Crippen LogP contribution in [0.1, 0.15) is 5.56 Å². The molecule has 0 atom stereocenters. The van der Waals surface area contributed by atoms with E-state index in [9.17, 15) is 5.26 Å². The van der Waals surface area contributed by atoms with Crippen molar-refractivity contribution in [1.29, 1.82) is 5.26 Å². The molecule has 0 saturated heterocycles. The molecule has 11 rings (SSSR count). The minimum absolute atomic E-state index is 0.595. The van der Waals surface area contributed by atoms with Crippen LogP contribution in [0.5, 0.6) is 0 Å². The Hall–Kier alpha value is -7.86. The van der Waals surface area contributed by atoms with Gasteiger partial charge in [0.05, 0.1) is 51.5 Å². The van der Waals surface area contributed by atoms with E-state index in [-0.39, 0.29) is 0 Å². The van der Waals surface area contributed by atoms with E-state index in [2.05, 4.69) is 164 Å². The zero-order valence-electron chi connectivity index (χ0n) is 29.5. The second-order valence-electron chi connectivity index (χ2n) is 14.0. The third-order valence-corrected chi connectivity index (χ3v) is 11.1. The number of hydrogen-bond donors (Lipinski definition) is 0. The first-order valence-corrected chi connectivity index (χ1v) is 18.3. The van der Waals surface area contributed by atoms with Gasteiger partial charge in [-0.1, -0.05) is 97.1 Å². The van der Waals surface area contributed by atoms with Gasteiger partial charge in [0, 0.05) is 49.4 Å². The Morgan fingerprint density at radius 2 is 0.982 bits per heavy atom. The lowest BCUT2D eigenvalue weighted by Gasteiger charge is -2.16. The summed E-state index contributed by atoms with van der Waals surface area (Å²) in [5.41, 5.74) is 12.8. The fourth-order valence-electron chi connectivity index (χ4n) is 8.78. The predicted octanol–water partition coefficient (Wildman–Crippen LogP) is 13.1.